The van der Waals surface area contributed by atoms with Gasteiger partial charge >= 0.3 is 0 Å². The lowest BCUT2D eigenvalue weighted by atomic mass is 9.83. The summed E-state index contributed by atoms with van der Waals surface area (Å²) >= 11 is 6.15. The second kappa shape index (κ2) is 11.7. The Hall–Kier alpha value is -3.57. The zero-order valence-electron chi connectivity index (χ0n) is 23.7. The molecule has 0 bridgehead atoms. The van der Waals surface area contributed by atoms with Gasteiger partial charge in [0, 0.05) is 28.5 Å². The minimum atomic E-state index is -1.18. The second-order valence-electron chi connectivity index (χ2n) is 11.8. The minimum absolute atomic E-state index is 0.0844. The van der Waals surface area contributed by atoms with E-state index in [4.69, 9.17) is 11.6 Å². The quantitative estimate of drug-likeness (QED) is 0.263. The highest BCUT2D eigenvalue weighted by molar-refractivity contribution is 6.30. The fourth-order valence-corrected chi connectivity index (χ4v) is 6.84. The first-order valence-electron chi connectivity index (χ1n) is 15.0. The van der Waals surface area contributed by atoms with Gasteiger partial charge < -0.3 is 14.8 Å². The number of hydrogen-bond donors (Lipinski definition) is 1. The molecule has 1 atom stereocenters. The molecule has 4 aromatic rings. The summed E-state index contributed by atoms with van der Waals surface area (Å²) in [7, 11) is 0. The maximum Gasteiger partial charge on any atom is 0.271 e. The Labute approximate surface area is 247 Å². The van der Waals surface area contributed by atoms with E-state index in [1.54, 1.807) is 0 Å². The van der Waals surface area contributed by atoms with Crippen LogP contribution in [-0.2, 0) is 23.3 Å². The molecule has 5 nitrogen and oxygen atoms in total. The van der Waals surface area contributed by atoms with E-state index in [-0.39, 0.29) is 17.9 Å². The molecule has 1 aliphatic heterocycles. The molecule has 1 unspecified atom stereocenters. The van der Waals surface area contributed by atoms with Crippen molar-refractivity contribution in [1.82, 2.24) is 14.8 Å². The third-order valence-corrected chi connectivity index (χ3v) is 9.23. The van der Waals surface area contributed by atoms with Crippen LogP contribution in [-0.4, -0.2) is 33.9 Å². The smallest absolute Gasteiger partial charge is 0.271 e. The molecule has 2 aliphatic rings. The number of nitrogens with zero attached hydrogens (tertiary/aromatic N) is 2. The van der Waals surface area contributed by atoms with Gasteiger partial charge in [0.05, 0.1) is 6.54 Å². The number of nitrogens with one attached hydrogen (secondary N) is 1. The largest absolute Gasteiger partial charge is 0.351 e. The van der Waals surface area contributed by atoms with Crippen LogP contribution in [0.5, 0.6) is 0 Å². The normalized spacial score (nSPS) is 20.0. The van der Waals surface area contributed by atoms with Crippen molar-refractivity contribution in [2.45, 2.75) is 76.4 Å². The van der Waals surface area contributed by atoms with E-state index in [0.29, 0.717) is 30.2 Å². The van der Waals surface area contributed by atoms with Gasteiger partial charge in [0.15, 0.2) is 5.54 Å². The number of benzene rings is 3. The summed E-state index contributed by atoms with van der Waals surface area (Å²) in [5, 5.41) is 5.17. The highest BCUT2D eigenvalue weighted by atomic mass is 35.5. The van der Waals surface area contributed by atoms with Crippen LogP contribution >= 0.6 is 11.6 Å². The van der Waals surface area contributed by atoms with Crippen molar-refractivity contribution in [1.29, 1.82) is 0 Å². The van der Waals surface area contributed by atoms with Crippen molar-refractivity contribution in [3.63, 3.8) is 0 Å². The number of amides is 2. The van der Waals surface area contributed by atoms with E-state index in [1.807, 2.05) is 65.6 Å². The molecule has 212 valence electrons. The van der Waals surface area contributed by atoms with E-state index >= 15 is 0 Å². The van der Waals surface area contributed by atoms with Gasteiger partial charge in [0.2, 0.25) is 0 Å². The maximum absolute atomic E-state index is 14.8. The Bertz CT molecular complexity index is 1540. The first-order chi connectivity index (χ1) is 20.0. The van der Waals surface area contributed by atoms with E-state index < -0.39 is 5.54 Å². The van der Waals surface area contributed by atoms with E-state index in [1.165, 1.54) is 19.3 Å². The second-order valence-corrected chi connectivity index (χ2v) is 12.2. The molecule has 6 heteroatoms. The minimum Gasteiger partial charge on any atom is -0.351 e. The van der Waals surface area contributed by atoms with Crippen LogP contribution in [0.3, 0.4) is 0 Å². The van der Waals surface area contributed by atoms with Gasteiger partial charge in [-0.25, -0.2) is 0 Å². The van der Waals surface area contributed by atoms with Gasteiger partial charge in [-0.2, -0.15) is 0 Å². The van der Waals surface area contributed by atoms with Gasteiger partial charge in [-0.15, -0.1) is 0 Å². The number of rotatable bonds is 6. The summed E-state index contributed by atoms with van der Waals surface area (Å²) in [5.74, 6) is -0.199. The summed E-state index contributed by atoms with van der Waals surface area (Å²) in [6.07, 6.45) is 8.50. The molecule has 6 rings (SSSR count). The molecular weight excluding hydrogens is 530 g/mol. The van der Waals surface area contributed by atoms with Gasteiger partial charge in [-0.3, -0.25) is 9.59 Å². The molecule has 0 spiro atoms. The Morgan fingerprint density at radius 2 is 1.63 bits per heavy atom. The fourth-order valence-electron chi connectivity index (χ4n) is 6.71. The van der Waals surface area contributed by atoms with Crippen molar-refractivity contribution >= 4 is 34.3 Å². The fraction of sp³-hybridized carbons (Fsp3) is 0.371. The first-order valence-corrected chi connectivity index (χ1v) is 15.4. The van der Waals surface area contributed by atoms with Crippen molar-refractivity contribution in [2.24, 2.45) is 0 Å². The monoisotopic (exact) mass is 567 g/mol. The lowest BCUT2D eigenvalue weighted by Crippen LogP contribution is -2.64. The predicted molar refractivity (Wildman–Crippen MR) is 165 cm³/mol. The number of aryl methyl sites for hydroxylation is 1. The van der Waals surface area contributed by atoms with Gasteiger partial charge in [0.25, 0.3) is 11.8 Å². The summed E-state index contributed by atoms with van der Waals surface area (Å²) in [6, 6.07) is 26.0. The van der Waals surface area contributed by atoms with E-state index in [2.05, 4.69) is 35.0 Å². The molecule has 1 aromatic heterocycles. The van der Waals surface area contributed by atoms with E-state index in [0.717, 1.165) is 53.3 Å². The molecular formula is C35H38ClN3O2. The molecule has 1 fully saturated rings. The van der Waals surface area contributed by atoms with Gasteiger partial charge in [0.1, 0.15) is 5.69 Å². The van der Waals surface area contributed by atoms with Crippen LogP contribution in [0.4, 0.5) is 0 Å². The lowest BCUT2D eigenvalue weighted by molar-refractivity contribution is -0.135. The number of carbonyl (C=O) groups excluding carboxylic acids is 2. The Balaban J connectivity index is 1.47. The predicted octanol–water partition coefficient (Wildman–Crippen LogP) is 7.43. The molecule has 2 heterocycles. The van der Waals surface area contributed by atoms with Crippen LogP contribution in [0, 0.1) is 6.92 Å². The van der Waals surface area contributed by atoms with Crippen molar-refractivity contribution in [3.05, 3.63) is 106 Å². The van der Waals surface area contributed by atoms with Crippen molar-refractivity contribution < 1.29 is 9.59 Å². The molecule has 41 heavy (non-hydrogen) atoms. The van der Waals surface area contributed by atoms with Crippen LogP contribution < -0.4 is 5.32 Å². The summed E-state index contributed by atoms with van der Waals surface area (Å²) in [5.41, 5.74) is 3.48. The van der Waals surface area contributed by atoms with Gasteiger partial charge in [-0.1, -0.05) is 98.3 Å². The van der Waals surface area contributed by atoms with Crippen molar-refractivity contribution in [2.75, 3.05) is 6.54 Å². The molecule has 3 aromatic carbocycles. The Kier molecular flexibility index (Phi) is 7.90. The van der Waals surface area contributed by atoms with Gasteiger partial charge in [-0.05, 0) is 67.1 Å². The number of carbonyl (C=O) groups is 2. The summed E-state index contributed by atoms with van der Waals surface area (Å²) < 4.78 is 2.08. The average molecular weight is 568 g/mol. The number of aromatic nitrogens is 1. The number of halogens is 1. The third-order valence-electron chi connectivity index (χ3n) is 8.98. The summed E-state index contributed by atoms with van der Waals surface area (Å²) in [6.45, 7) is 2.84. The van der Waals surface area contributed by atoms with Crippen LogP contribution in [0.25, 0.3) is 10.9 Å². The third kappa shape index (κ3) is 5.40. The van der Waals surface area contributed by atoms with E-state index in [9.17, 15) is 9.59 Å². The van der Waals surface area contributed by atoms with Crippen LogP contribution in [0.1, 0.15) is 72.1 Å². The Morgan fingerprint density at radius 3 is 2.37 bits per heavy atom. The average Bonchev–Trinajstić information content (AvgIpc) is 3.32. The molecule has 2 amide bonds. The summed E-state index contributed by atoms with van der Waals surface area (Å²) in [4.78, 5) is 31.2. The zero-order valence-corrected chi connectivity index (χ0v) is 24.5. The zero-order chi connectivity index (χ0) is 28.4. The first kappa shape index (κ1) is 27.6. The van der Waals surface area contributed by atoms with Crippen LogP contribution in [0.15, 0.2) is 78.9 Å². The topological polar surface area (TPSA) is 54.3 Å². The molecule has 1 N–H and O–H groups in total. The molecule has 0 radical (unpaired) electrons. The highest BCUT2D eigenvalue weighted by Gasteiger charge is 2.52. The maximum atomic E-state index is 14.8. The molecule has 1 saturated carbocycles. The standard InChI is InChI=1S/C35H38ClN3O2/c1-25-14-17-27-23-32-33(40)39(21-20-26-15-18-29(36)19-16-26)35(24-38(32)31(27)22-25,28-10-6-5-7-11-28)34(41)37-30-12-8-3-2-4-9-13-30/h5-7,10-11,14-19,22-23,30H,2-4,8-9,12-13,20-21,24H2,1H3,(H,37,41). The molecule has 1 aliphatic carbocycles. The highest BCUT2D eigenvalue weighted by Crippen LogP contribution is 2.40. The number of fused-ring (bicyclic) bond motifs is 3. The Morgan fingerprint density at radius 1 is 0.927 bits per heavy atom. The van der Waals surface area contributed by atoms with Crippen molar-refractivity contribution in [3.8, 4) is 0 Å². The lowest BCUT2D eigenvalue weighted by Gasteiger charge is -2.47. The van der Waals surface area contributed by atoms with Crippen LogP contribution in [0.2, 0.25) is 5.02 Å². The molecule has 0 saturated heterocycles. The number of hydrogen-bond acceptors (Lipinski definition) is 2. The SMILES string of the molecule is Cc1ccc2cc3n(c2c1)CC(C(=O)NC1CCCCCCC1)(c1ccccc1)N(CCc1ccc(Cl)cc1)C3=O.